The normalized spacial score (nSPS) is 15.9. The quantitative estimate of drug-likeness (QED) is 0.396. The summed E-state index contributed by atoms with van der Waals surface area (Å²) in [6, 6.07) is 13.2. The van der Waals surface area contributed by atoms with Gasteiger partial charge in [0.2, 0.25) is 5.75 Å². The summed E-state index contributed by atoms with van der Waals surface area (Å²) in [6.45, 7) is 1.83. The summed E-state index contributed by atoms with van der Waals surface area (Å²) in [4.78, 5) is 0.00424. The van der Waals surface area contributed by atoms with Gasteiger partial charge in [-0.25, -0.2) is 0 Å². The van der Waals surface area contributed by atoms with E-state index in [0.717, 1.165) is 22.1 Å². The van der Waals surface area contributed by atoms with Crippen molar-refractivity contribution in [3.63, 3.8) is 0 Å². The lowest BCUT2D eigenvalue weighted by molar-refractivity contribution is -0.137. The Bertz CT molecular complexity index is 1410. The summed E-state index contributed by atoms with van der Waals surface area (Å²) in [5, 5.41) is 4.35. The Morgan fingerprint density at radius 3 is 2.08 bits per heavy atom. The number of hydrogen-bond acceptors (Lipinski definition) is 6. The first-order valence-electron chi connectivity index (χ1n) is 11.2. The van der Waals surface area contributed by atoms with Crippen LogP contribution in [0.4, 0.5) is 13.2 Å². The van der Waals surface area contributed by atoms with E-state index in [2.05, 4.69) is 5.10 Å². The van der Waals surface area contributed by atoms with E-state index >= 15 is 0 Å². The van der Waals surface area contributed by atoms with Crippen LogP contribution >= 0.6 is 0 Å². The van der Waals surface area contributed by atoms with Gasteiger partial charge in [-0.3, -0.25) is 0 Å². The van der Waals surface area contributed by atoms with Crippen LogP contribution in [0.15, 0.2) is 70.7 Å². The van der Waals surface area contributed by atoms with E-state index in [9.17, 15) is 21.6 Å². The molecule has 0 N–H and O–H groups in total. The molecule has 196 valence electrons. The minimum absolute atomic E-state index is 0.00424. The lowest BCUT2D eigenvalue weighted by atomic mass is 9.97. The van der Waals surface area contributed by atoms with Crippen LogP contribution in [0.25, 0.3) is 0 Å². The molecule has 0 amide bonds. The first kappa shape index (κ1) is 26.3. The molecule has 1 aliphatic rings. The van der Waals surface area contributed by atoms with Crippen molar-refractivity contribution >= 4 is 15.7 Å². The first-order valence-corrected chi connectivity index (χ1v) is 12.6. The molecule has 1 aliphatic heterocycles. The van der Waals surface area contributed by atoms with Gasteiger partial charge in [-0.2, -0.15) is 31.1 Å². The number of rotatable bonds is 7. The Labute approximate surface area is 213 Å². The average Bonchev–Trinajstić information content (AvgIpc) is 3.34. The van der Waals surface area contributed by atoms with Crippen molar-refractivity contribution in [3.05, 3.63) is 82.9 Å². The van der Waals surface area contributed by atoms with Crippen LogP contribution in [0, 0.1) is 6.92 Å². The van der Waals surface area contributed by atoms with Gasteiger partial charge < -0.3 is 14.2 Å². The van der Waals surface area contributed by atoms with Gasteiger partial charge in [0.05, 0.1) is 43.5 Å². The van der Waals surface area contributed by atoms with Crippen molar-refractivity contribution in [2.45, 2.75) is 30.5 Å². The van der Waals surface area contributed by atoms with Crippen LogP contribution in [0.3, 0.4) is 0 Å². The van der Waals surface area contributed by atoms with Crippen molar-refractivity contribution in [1.29, 1.82) is 0 Å². The predicted molar refractivity (Wildman–Crippen MR) is 132 cm³/mol. The molecular formula is C26H25F3N2O5S. The van der Waals surface area contributed by atoms with Gasteiger partial charge in [-0.1, -0.05) is 29.8 Å². The number of halogens is 3. The zero-order valence-electron chi connectivity index (χ0n) is 20.5. The monoisotopic (exact) mass is 534 g/mol. The number of sulfonamides is 1. The number of hydrazone groups is 1. The summed E-state index contributed by atoms with van der Waals surface area (Å²) in [5.74, 6) is 0.924. The van der Waals surface area contributed by atoms with Crippen LogP contribution < -0.4 is 14.2 Å². The summed E-state index contributed by atoms with van der Waals surface area (Å²) in [7, 11) is 0.130. The van der Waals surface area contributed by atoms with Gasteiger partial charge in [-0.15, -0.1) is 0 Å². The molecule has 37 heavy (non-hydrogen) atoms. The number of hydrogen-bond donors (Lipinski definition) is 0. The van der Waals surface area contributed by atoms with Crippen LogP contribution in [0.2, 0.25) is 0 Å². The molecule has 0 radical (unpaired) electrons. The van der Waals surface area contributed by atoms with Crippen molar-refractivity contribution < 1.29 is 35.8 Å². The van der Waals surface area contributed by atoms with E-state index < -0.39 is 27.8 Å². The largest absolute Gasteiger partial charge is 0.493 e. The van der Waals surface area contributed by atoms with Crippen LogP contribution in [0.1, 0.15) is 34.7 Å². The number of ether oxygens (including phenoxy) is 3. The Morgan fingerprint density at radius 2 is 1.54 bits per heavy atom. The highest BCUT2D eigenvalue weighted by Gasteiger charge is 2.39. The van der Waals surface area contributed by atoms with E-state index in [0.29, 0.717) is 22.8 Å². The maximum Gasteiger partial charge on any atom is 0.416 e. The molecule has 0 bridgehead atoms. The molecule has 3 aromatic carbocycles. The fraction of sp³-hybridized carbons (Fsp3) is 0.269. The van der Waals surface area contributed by atoms with Crippen molar-refractivity contribution in [1.82, 2.24) is 4.41 Å². The summed E-state index contributed by atoms with van der Waals surface area (Å²) < 4.78 is 84.7. The third kappa shape index (κ3) is 5.08. The SMILES string of the molecule is COc1cc(C2CC(c3cccc(C(F)(F)F)c3)=NN2S(=O)(=O)c2ccc(C)cc2)cc(OC)c1OC. The Hall–Kier alpha value is -3.73. The van der Waals surface area contributed by atoms with E-state index in [1.165, 1.54) is 45.6 Å². The van der Waals surface area contributed by atoms with Gasteiger partial charge in [0, 0.05) is 6.42 Å². The second-order valence-corrected chi connectivity index (χ2v) is 10.2. The predicted octanol–water partition coefficient (Wildman–Crippen LogP) is 5.58. The fourth-order valence-corrected chi connectivity index (χ4v) is 5.55. The maximum absolute atomic E-state index is 13.7. The maximum atomic E-state index is 13.7. The smallest absolute Gasteiger partial charge is 0.416 e. The third-order valence-electron chi connectivity index (χ3n) is 6.03. The molecule has 0 aromatic heterocycles. The molecule has 4 rings (SSSR count). The Morgan fingerprint density at radius 1 is 0.919 bits per heavy atom. The second kappa shape index (κ2) is 9.97. The molecule has 11 heteroatoms. The average molecular weight is 535 g/mol. The highest BCUT2D eigenvalue weighted by Crippen LogP contribution is 2.44. The lowest BCUT2D eigenvalue weighted by Gasteiger charge is -2.25. The van der Waals surface area contributed by atoms with Crippen LogP contribution in [-0.2, 0) is 16.2 Å². The lowest BCUT2D eigenvalue weighted by Crippen LogP contribution is -2.27. The highest BCUT2D eigenvalue weighted by atomic mass is 32.2. The summed E-state index contributed by atoms with van der Waals surface area (Å²) in [5.41, 5.74) is 0.858. The standard InChI is InChI=1S/C26H25F3N2O5S/c1-16-8-10-20(11-9-16)37(32,33)31-22(18-13-23(34-2)25(36-4)24(14-18)35-3)15-21(30-31)17-6-5-7-19(12-17)26(27,28)29/h5-14,22H,15H2,1-4H3. The van der Waals surface area contributed by atoms with Gasteiger partial charge in [-0.05, 0) is 54.4 Å². The molecular weight excluding hydrogens is 509 g/mol. The Kier molecular flexibility index (Phi) is 7.09. The molecule has 1 unspecified atom stereocenters. The molecule has 0 fully saturated rings. The molecule has 0 saturated carbocycles. The molecule has 0 spiro atoms. The van der Waals surface area contributed by atoms with Crippen molar-refractivity contribution in [2.75, 3.05) is 21.3 Å². The second-order valence-electron chi connectivity index (χ2n) is 8.39. The van der Waals surface area contributed by atoms with Crippen molar-refractivity contribution in [3.8, 4) is 17.2 Å². The van der Waals surface area contributed by atoms with Crippen LogP contribution in [-0.4, -0.2) is 39.9 Å². The minimum Gasteiger partial charge on any atom is -0.493 e. The highest BCUT2D eigenvalue weighted by molar-refractivity contribution is 7.89. The van der Waals surface area contributed by atoms with E-state index in [1.54, 1.807) is 24.3 Å². The summed E-state index contributed by atoms with van der Waals surface area (Å²) >= 11 is 0. The summed E-state index contributed by atoms with van der Waals surface area (Å²) in [6.07, 6.45) is -4.54. The molecule has 7 nitrogen and oxygen atoms in total. The number of nitrogens with zero attached hydrogens (tertiary/aromatic N) is 2. The van der Waals surface area contributed by atoms with Gasteiger partial charge in [0.1, 0.15) is 0 Å². The zero-order valence-corrected chi connectivity index (χ0v) is 21.4. The number of alkyl halides is 3. The fourth-order valence-electron chi connectivity index (χ4n) is 4.12. The molecule has 3 aromatic rings. The van der Waals surface area contributed by atoms with E-state index in [-0.39, 0.29) is 22.6 Å². The Balaban J connectivity index is 1.87. The first-order chi connectivity index (χ1) is 17.5. The third-order valence-corrected chi connectivity index (χ3v) is 7.73. The van der Waals surface area contributed by atoms with Gasteiger partial charge >= 0.3 is 6.18 Å². The van der Waals surface area contributed by atoms with E-state index in [1.807, 2.05) is 6.92 Å². The van der Waals surface area contributed by atoms with Gasteiger partial charge in [0.25, 0.3) is 10.0 Å². The zero-order chi connectivity index (χ0) is 27.0. The number of benzene rings is 3. The molecule has 1 atom stereocenters. The minimum atomic E-state index is -4.56. The molecule has 0 saturated heterocycles. The van der Waals surface area contributed by atoms with Gasteiger partial charge in [0.15, 0.2) is 11.5 Å². The molecule has 1 heterocycles. The van der Waals surface area contributed by atoms with E-state index in [4.69, 9.17) is 14.2 Å². The van der Waals surface area contributed by atoms with Crippen LogP contribution in [0.5, 0.6) is 17.2 Å². The topological polar surface area (TPSA) is 77.4 Å². The molecule has 0 aliphatic carbocycles. The number of methoxy groups -OCH3 is 3. The van der Waals surface area contributed by atoms with Crippen molar-refractivity contribution in [2.24, 2.45) is 5.10 Å². The number of aryl methyl sites for hydroxylation is 1.